The van der Waals surface area contributed by atoms with Gasteiger partial charge in [0.25, 0.3) is 5.91 Å². The summed E-state index contributed by atoms with van der Waals surface area (Å²) in [5, 5.41) is 6.44. The minimum Gasteiger partial charge on any atom is -0.362 e. The number of amides is 1. The standard InChI is InChI=1S/C25H26N2O2S/c1-15-7-4-5-8-19(15)27-25(29)22-16(2)26-20-9-6-10-21(28)24(20)23(22)17-11-13-18(30-3)14-12-17/h4-5,7-8,11-14,23,26H,6,9-10H2,1-3H3,(H,27,29)/t23-/m0/s1. The highest BCUT2D eigenvalue weighted by molar-refractivity contribution is 7.98. The maximum absolute atomic E-state index is 13.5. The normalized spacial score (nSPS) is 18.8. The molecule has 154 valence electrons. The summed E-state index contributed by atoms with van der Waals surface area (Å²) in [4.78, 5) is 27.6. The number of carbonyl (C=O) groups excluding carboxylic acids is 2. The molecule has 2 aromatic rings. The van der Waals surface area contributed by atoms with Gasteiger partial charge in [0, 0.05) is 45.5 Å². The molecule has 1 aliphatic heterocycles. The molecule has 4 rings (SSSR count). The van der Waals surface area contributed by atoms with E-state index in [1.165, 1.54) is 0 Å². The number of anilines is 1. The SMILES string of the molecule is CSc1ccc([C@H]2C(C(=O)Nc3ccccc3C)=C(C)NC3=C2C(=O)CCC3)cc1. The largest absolute Gasteiger partial charge is 0.362 e. The van der Waals surface area contributed by atoms with Gasteiger partial charge in [-0.15, -0.1) is 11.8 Å². The highest BCUT2D eigenvalue weighted by atomic mass is 32.2. The van der Waals surface area contributed by atoms with Crippen molar-refractivity contribution in [3.63, 3.8) is 0 Å². The second-order valence-electron chi connectivity index (χ2n) is 7.81. The van der Waals surface area contributed by atoms with Gasteiger partial charge in [-0.3, -0.25) is 9.59 Å². The molecule has 0 bridgehead atoms. The summed E-state index contributed by atoms with van der Waals surface area (Å²) in [5.74, 6) is -0.386. The predicted octanol–water partition coefficient (Wildman–Crippen LogP) is 5.32. The van der Waals surface area contributed by atoms with Crippen LogP contribution in [0.15, 0.2) is 76.0 Å². The zero-order valence-corrected chi connectivity index (χ0v) is 18.4. The van der Waals surface area contributed by atoms with E-state index >= 15 is 0 Å². The number of hydrogen-bond donors (Lipinski definition) is 2. The number of rotatable bonds is 4. The third kappa shape index (κ3) is 3.82. The minimum absolute atomic E-state index is 0.136. The van der Waals surface area contributed by atoms with E-state index in [1.54, 1.807) is 11.8 Å². The van der Waals surface area contributed by atoms with Crippen molar-refractivity contribution in [2.45, 2.75) is 43.9 Å². The summed E-state index contributed by atoms with van der Waals surface area (Å²) in [6.45, 7) is 3.90. The second kappa shape index (κ2) is 8.52. The van der Waals surface area contributed by atoms with E-state index < -0.39 is 0 Å². The highest BCUT2D eigenvalue weighted by Crippen LogP contribution is 2.42. The number of hydrogen-bond acceptors (Lipinski definition) is 4. The van der Waals surface area contributed by atoms with E-state index in [2.05, 4.69) is 22.8 Å². The van der Waals surface area contributed by atoms with Crippen LogP contribution in [0.5, 0.6) is 0 Å². The van der Waals surface area contributed by atoms with Gasteiger partial charge < -0.3 is 10.6 Å². The van der Waals surface area contributed by atoms with Gasteiger partial charge >= 0.3 is 0 Å². The molecule has 1 amide bonds. The van der Waals surface area contributed by atoms with Crippen molar-refractivity contribution >= 4 is 29.1 Å². The lowest BCUT2D eigenvalue weighted by Gasteiger charge is -2.34. The van der Waals surface area contributed by atoms with E-state index in [4.69, 9.17) is 0 Å². The fourth-order valence-electron chi connectivity index (χ4n) is 4.32. The Morgan fingerprint density at radius 1 is 1.07 bits per heavy atom. The van der Waals surface area contributed by atoms with Crippen LogP contribution in [0.3, 0.4) is 0 Å². The van der Waals surface area contributed by atoms with Crippen LogP contribution in [0, 0.1) is 6.92 Å². The summed E-state index contributed by atoms with van der Waals surface area (Å²) < 4.78 is 0. The molecule has 0 saturated carbocycles. The monoisotopic (exact) mass is 418 g/mol. The Labute approximate surface area is 181 Å². The first-order valence-corrected chi connectivity index (χ1v) is 11.5. The second-order valence-corrected chi connectivity index (χ2v) is 8.69. The first-order chi connectivity index (χ1) is 14.5. The van der Waals surface area contributed by atoms with Gasteiger partial charge in [0.15, 0.2) is 5.78 Å². The Kier molecular flexibility index (Phi) is 5.82. The third-order valence-corrected chi connectivity index (χ3v) is 6.61. The Bertz CT molecular complexity index is 1070. The van der Waals surface area contributed by atoms with E-state index in [1.807, 2.05) is 56.5 Å². The van der Waals surface area contributed by atoms with Crippen LogP contribution in [-0.2, 0) is 9.59 Å². The lowest BCUT2D eigenvalue weighted by molar-refractivity contribution is -0.116. The molecule has 1 heterocycles. The van der Waals surface area contributed by atoms with Gasteiger partial charge in [-0.25, -0.2) is 0 Å². The molecule has 2 aromatic carbocycles. The van der Waals surface area contributed by atoms with Gasteiger partial charge in [0.05, 0.1) is 0 Å². The van der Waals surface area contributed by atoms with Crippen LogP contribution in [0.1, 0.15) is 43.2 Å². The van der Waals surface area contributed by atoms with Crippen LogP contribution < -0.4 is 10.6 Å². The molecule has 0 aromatic heterocycles. The quantitative estimate of drug-likeness (QED) is 0.660. The van der Waals surface area contributed by atoms with Gasteiger partial charge in [-0.05, 0) is 62.3 Å². The van der Waals surface area contributed by atoms with Crippen molar-refractivity contribution < 1.29 is 9.59 Å². The molecule has 0 unspecified atom stereocenters. The van der Waals surface area contributed by atoms with E-state index in [-0.39, 0.29) is 17.6 Å². The molecule has 5 heteroatoms. The van der Waals surface area contributed by atoms with E-state index in [0.29, 0.717) is 12.0 Å². The molecule has 1 aliphatic carbocycles. The number of thioether (sulfide) groups is 1. The van der Waals surface area contributed by atoms with Gasteiger partial charge in [-0.2, -0.15) is 0 Å². The Morgan fingerprint density at radius 2 is 1.80 bits per heavy atom. The lowest BCUT2D eigenvalue weighted by atomic mass is 9.75. The molecular weight excluding hydrogens is 392 g/mol. The maximum Gasteiger partial charge on any atom is 0.254 e. The molecule has 0 saturated heterocycles. The van der Waals surface area contributed by atoms with Gasteiger partial charge in [0.2, 0.25) is 0 Å². The fourth-order valence-corrected chi connectivity index (χ4v) is 4.73. The van der Waals surface area contributed by atoms with Crippen LogP contribution in [0.25, 0.3) is 0 Å². The fraction of sp³-hybridized carbons (Fsp3) is 0.280. The summed E-state index contributed by atoms with van der Waals surface area (Å²) in [6, 6.07) is 15.9. The van der Waals surface area contributed by atoms with Crippen molar-refractivity contribution in [2.24, 2.45) is 0 Å². The summed E-state index contributed by atoms with van der Waals surface area (Å²) >= 11 is 1.68. The molecule has 0 fully saturated rings. The molecule has 4 nitrogen and oxygen atoms in total. The minimum atomic E-state index is -0.353. The van der Waals surface area contributed by atoms with Gasteiger partial charge in [-0.1, -0.05) is 30.3 Å². The zero-order valence-electron chi connectivity index (χ0n) is 17.5. The Balaban J connectivity index is 1.79. The van der Waals surface area contributed by atoms with Crippen molar-refractivity contribution in [1.29, 1.82) is 0 Å². The molecular formula is C25H26N2O2S. The highest BCUT2D eigenvalue weighted by Gasteiger charge is 2.38. The molecule has 30 heavy (non-hydrogen) atoms. The predicted molar refractivity (Wildman–Crippen MR) is 122 cm³/mol. The van der Waals surface area contributed by atoms with Crippen LogP contribution >= 0.6 is 11.8 Å². The average Bonchev–Trinajstić information content (AvgIpc) is 2.74. The molecule has 2 aliphatic rings. The first kappa shape index (κ1) is 20.5. The smallest absolute Gasteiger partial charge is 0.254 e. The summed E-state index contributed by atoms with van der Waals surface area (Å²) in [7, 11) is 0. The number of dihydropyridines is 1. The van der Waals surface area contributed by atoms with E-state index in [9.17, 15) is 9.59 Å². The number of benzene rings is 2. The Hall–Kier alpha value is -2.79. The number of allylic oxidation sites excluding steroid dienone is 3. The number of para-hydroxylation sites is 1. The summed E-state index contributed by atoms with van der Waals surface area (Å²) in [6.07, 6.45) is 4.26. The maximum atomic E-state index is 13.5. The van der Waals surface area contributed by atoms with Crippen molar-refractivity contribution in [1.82, 2.24) is 5.32 Å². The third-order valence-electron chi connectivity index (χ3n) is 5.86. The van der Waals surface area contributed by atoms with E-state index in [0.717, 1.165) is 51.5 Å². The lowest BCUT2D eigenvalue weighted by Crippen LogP contribution is -2.35. The molecule has 0 radical (unpaired) electrons. The van der Waals surface area contributed by atoms with Crippen molar-refractivity contribution in [3.8, 4) is 0 Å². The molecule has 0 spiro atoms. The van der Waals surface area contributed by atoms with Crippen LogP contribution in [0.4, 0.5) is 5.69 Å². The van der Waals surface area contributed by atoms with Crippen molar-refractivity contribution in [3.05, 3.63) is 82.2 Å². The molecule has 1 atom stereocenters. The van der Waals surface area contributed by atoms with Crippen molar-refractivity contribution in [2.75, 3.05) is 11.6 Å². The number of ketones is 1. The van der Waals surface area contributed by atoms with Gasteiger partial charge in [0.1, 0.15) is 0 Å². The topological polar surface area (TPSA) is 58.2 Å². The number of Topliss-reactive ketones (excluding diaryl/α,β-unsaturated/α-hetero) is 1. The first-order valence-electron chi connectivity index (χ1n) is 10.2. The van der Waals surface area contributed by atoms with Crippen LogP contribution in [0.2, 0.25) is 0 Å². The molecule has 2 N–H and O–H groups in total. The number of aryl methyl sites for hydroxylation is 1. The average molecular weight is 419 g/mol. The van der Waals surface area contributed by atoms with Crippen LogP contribution in [-0.4, -0.2) is 17.9 Å². The number of nitrogens with one attached hydrogen (secondary N) is 2. The Morgan fingerprint density at radius 3 is 2.50 bits per heavy atom. The zero-order chi connectivity index (χ0) is 21.3. The number of carbonyl (C=O) groups is 2. The summed E-state index contributed by atoms with van der Waals surface area (Å²) in [5.41, 5.74) is 5.91.